The zero-order chi connectivity index (χ0) is 11.5. The minimum absolute atomic E-state index is 0.122. The van der Waals surface area contributed by atoms with E-state index in [0.717, 1.165) is 0 Å². The van der Waals surface area contributed by atoms with Gasteiger partial charge in [-0.1, -0.05) is 0 Å². The van der Waals surface area contributed by atoms with Gasteiger partial charge in [0.15, 0.2) is 0 Å². The molecule has 2 unspecified atom stereocenters. The molecule has 0 aliphatic heterocycles. The average Bonchev–Trinajstić information content (AvgIpc) is 2.28. The molecule has 0 bridgehead atoms. The molecule has 92 valence electrons. The molecular formula is C10H22O5. The van der Waals surface area contributed by atoms with Gasteiger partial charge in [-0.25, -0.2) is 0 Å². The summed E-state index contributed by atoms with van der Waals surface area (Å²) in [6.07, 6.45) is -0.801. The Labute approximate surface area is 91.0 Å². The van der Waals surface area contributed by atoms with Crippen LogP contribution in [0.1, 0.15) is 13.8 Å². The van der Waals surface area contributed by atoms with E-state index in [0.29, 0.717) is 26.4 Å². The fourth-order valence-corrected chi connectivity index (χ4v) is 1.04. The highest BCUT2D eigenvalue weighted by Gasteiger charge is 2.15. The van der Waals surface area contributed by atoms with Gasteiger partial charge < -0.3 is 24.4 Å². The Morgan fingerprint density at radius 2 is 1.27 bits per heavy atom. The van der Waals surface area contributed by atoms with Gasteiger partial charge in [0, 0.05) is 13.2 Å². The first-order valence-corrected chi connectivity index (χ1v) is 5.31. The van der Waals surface area contributed by atoms with Crippen molar-refractivity contribution >= 4 is 0 Å². The van der Waals surface area contributed by atoms with E-state index in [9.17, 15) is 0 Å². The molecule has 0 heterocycles. The van der Waals surface area contributed by atoms with E-state index in [-0.39, 0.29) is 13.2 Å². The van der Waals surface area contributed by atoms with E-state index >= 15 is 0 Å². The lowest BCUT2D eigenvalue weighted by molar-refractivity contribution is -0.113. The minimum atomic E-state index is -0.400. The summed E-state index contributed by atoms with van der Waals surface area (Å²) in [5, 5.41) is 18.0. The van der Waals surface area contributed by atoms with E-state index in [2.05, 4.69) is 0 Å². The first-order valence-electron chi connectivity index (χ1n) is 5.31. The number of ether oxygens (including phenoxy) is 3. The Kier molecular flexibility index (Phi) is 10.2. The highest BCUT2D eigenvalue weighted by Crippen LogP contribution is 2.00. The summed E-state index contributed by atoms with van der Waals surface area (Å²) < 4.78 is 15.7. The van der Waals surface area contributed by atoms with Gasteiger partial charge >= 0.3 is 0 Å². The standard InChI is InChI=1S/C10H22O5/c1-3-13-7-9(5-11)15-10(6-12)8-14-4-2/h9-12H,3-8H2,1-2H3. The summed E-state index contributed by atoms with van der Waals surface area (Å²) in [6, 6.07) is 0. The van der Waals surface area contributed by atoms with Crippen LogP contribution in [-0.2, 0) is 14.2 Å². The van der Waals surface area contributed by atoms with Crippen molar-refractivity contribution in [1.82, 2.24) is 0 Å². The van der Waals surface area contributed by atoms with Crippen LogP contribution in [0, 0.1) is 0 Å². The number of aliphatic hydroxyl groups is 2. The molecule has 5 heteroatoms. The van der Waals surface area contributed by atoms with E-state index in [1.807, 2.05) is 13.8 Å². The quantitative estimate of drug-likeness (QED) is 0.535. The van der Waals surface area contributed by atoms with Crippen molar-refractivity contribution in [3.63, 3.8) is 0 Å². The maximum atomic E-state index is 9.00. The van der Waals surface area contributed by atoms with Crippen molar-refractivity contribution in [2.75, 3.05) is 39.6 Å². The Bertz CT molecular complexity index is 117. The molecule has 0 amide bonds. The molecule has 15 heavy (non-hydrogen) atoms. The molecule has 0 rings (SSSR count). The highest BCUT2D eigenvalue weighted by molar-refractivity contribution is 4.61. The van der Waals surface area contributed by atoms with Crippen LogP contribution in [0.2, 0.25) is 0 Å². The van der Waals surface area contributed by atoms with Crippen LogP contribution in [0.15, 0.2) is 0 Å². The van der Waals surface area contributed by atoms with Crippen molar-refractivity contribution < 1.29 is 24.4 Å². The molecule has 2 N–H and O–H groups in total. The van der Waals surface area contributed by atoms with Crippen LogP contribution < -0.4 is 0 Å². The van der Waals surface area contributed by atoms with E-state index in [1.54, 1.807) is 0 Å². The summed E-state index contributed by atoms with van der Waals surface area (Å²) in [6.45, 7) is 5.32. The Hall–Kier alpha value is -0.200. The van der Waals surface area contributed by atoms with Gasteiger partial charge in [0.25, 0.3) is 0 Å². The van der Waals surface area contributed by atoms with Crippen LogP contribution in [-0.4, -0.2) is 62.1 Å². The van der Waals surface area contributed by atoms with Crippen molar-refractivity contribution in [2.45, 2.75) is 26.1 Å². The fourth-order valence-electron chi connectivity index (χ4n) is 1.04. The first-order chi connectivity index (χ1) is 7.28. The monoisotopic (exact) mass is 222 g/mol. The van der Waals surface area contributed by atoms with Crippen LogP contribution >= 0.6 is 0 Å². The second-order valence-corrected chi connectivity index (χ2v) is 3.06. The number of aliphatic hydroxyl groups excluding tert-OH is 2. The van der Waals surface area contributed by atoms with Crippen LogP contribution in [0.3, 0.4) is 0 Å². The van der Waals surface area contributed by atoms with Crippen LogP contribution in [0.25, 0.3) is 0 Å². The summed E-state index contributed by atoms with van der Waals surface area (Å²) in [7, 11) is 0. The van der Waals surface area contributed by atoms with Gasteiger partial charge in [-0.15, -0.1) is 0 Å². The summed E-state index contributed by atoms with van der Waals surface area (Å²) >= 11 is 0. The SMILES string of the molecule is CCOCC(CO)OC(CO)COCC. The Balaban J connectivity index is 3.77. The van der Waals surface area contributed by atoms with Crippen molar-refractivity contribution in [3.8, 4) is 0 Å². The van der Waals surface area contributed by atoms with Gasteiger partial charge in [0.05, 0.1) is 26.4 Å². The maximum Gasteiger partial charge on any atom is 0.104 e. The van der Waals surface area contributed by atoms with Gasteiger partial charge in [-0.3, -0.25) is 0 Å². The van der Waals surface area contributed by atoms with E-state index in [4.69, 9.17) is 24.4 Å². The Morgan fingerprint density at radius 3 is 1.53 bits per heavy atom. The van der Waals surface area contributed by atoms with Crippen LogP contribution in [0.5, 0.6) is 0 Å². The smallest absolute Gasteiger partial charge is 0.104 e. The largest absolute Gasteiger partial charge is 0.394 e. The predicted octanol–water partition coefficient (Wildman–Crippen LogP) is -0.202. The molecule has 0 aliphatic carbocycles. The lowest BCUT2D eigenvalue weighted by atomic mass is 10.3. The second-order valence-electron chi connectivity index (χ2n) is 3.06. The third-order valence-corrected chi connectivity index (χ3v) is 1.81. The lowest BCUT2D eigenvalue weighted by Crippen LogP contribution is -2.34. The molecule has 0 radical (unpaired) electrons. The predicted molar refractivity (Wildman–Crippen MR) is 55.8 cm³/mol. The topological polar surface area (TPSA) is 68.2 Å². The molecule has 0 aromatic carbocycles. The number of rotatable bonds is 10. The van der Waals surface area contributed by atoms with Crippen LogP contribution in [0.4, 0.5) is 0 Å². The molecule has 0 aliphatic rings. The van der Waals surface area contributed by atoms with Gasteiger partial charge in [-0.05, 0) is 13.8 Å². The molecule has 0 aromatic heterocycles. The van der Waals surface area contributed by atoms with Gasteiger partial charge in [0.1, 0.15) is 12.2 Å². The molecular weight excluding hydrogens is 200 g/mol. The second kappa shape index (κ2) is 10.3. The Morgan fingerprint density at radius 1 is 0.867 bits per heavy atom. The molecule has 2 atom stereocenters. The first kappa shape index (κ1) is 14.8. The molecule has 0 fully saturated rings. The average molecular weight is 222 g/mol. The molecule has 0 spiro atoms. The maximum absolute atomic E-state index is 9.00. The zero-order valence-corrected chi connectivity index (χ0v) is 9.52. The fraction of sp³-hybridized carbons (Fsp3) is 1.00. The van der Waals surface area contributed by atoms with Gasteiger partial charge in [-0.2, -0.15) is 0 Å². The molecule has 0 saturated carbocycles. The number of hydrogen-bond acceptors (Lipinski definition) is 5. The summed E-state index contributed by atoms with van der Waals surface area (Å²) in [5.74, 6) is 0. The third-order valence-electron chi connectivity index (χ3n) is 1.81. The summed E-state index contributed by atoms with van der Waals surface area (Å²) in [5.41, 5.74) is 0. The molecule has 0 aromatic rings. The van der Waals surface area contributed by atoms with E-state index in [1.165, 1.54) is 0 Å². The highest BCUT2D eigenvalue weighted by atomic mass is 16.6. The number of hydrogen-bond donors (Lipinski definition) is 2. The minimum Gasteiger partial charge on any atom is -0.394 e. The zero-order valence-electron chi connectivity index (χ0n) is 9.52. The van der Waals surface area contributed by atoms with Crippen molar-refractivity contribution in [2.24, 2.45) is 0 Å². The van der Waals surface area contributed by atoms with Crippen molar-refractivity contribution in [3.05, 3.63) is 0 Å². The molecule has 0 saturated heterocycles. The molecule has 5 nitrogen and oxygen atoms in total. The summed E-state index contributed by atoms with van der Waals surface area (Å²) in [4.78, 5) is 0. The lowest BCUT2D eigenvalue weighted by Gasteiger charge is -2.21. The normalized spacial score (nSPS) is 15.2. The van der Waals surface area contributed by atoms with Gasteiger partial charge in [0.2, 0.25) is 0 Å². The third kappa shape index (κ3) is 7.70. The van der Waals surface area contributed by atoms with E-state index < -0.39 is 12.2 Å². The van der Waals surface area contributed by atoms with Crippen molar-refractivity contribution in [1.29, 1.82) is 0 Å².